The van der Waals surface area contributed by atoms with Gasteiger partial charge in [-0.2, -0.15) is 0 Å². The minimum Gasteiger partial charge on any atom is -0.396 e. The zero-order chi connectivity index (χ0) is 11.1. The molecule has 1 aromatic heterocycles. The fraction of sp³-hybridized carbons (Fsp3) is 0.600. The van der Waals surface area contributed by atoms with Crippen molar-refractivity contribution in [2.75, 3.05) is 13.2 Å². The minimum atomic E-state index is -0.236. The van der Waals surface area contributed by atoms with E-state index in [1.807, 2.05) is 6.92 Å². The number of nitrogens with one attached hydrogen (secondary N) is 1. The maximum absolute atomic E-state index is 11.4. The molecule has 0 saturated carbocycles. The molecule has 0 aliphatic carbocycles. The fourth-order valence-electron chi connectivity index (χ4n) is 1.29. The van der Waals surface area contributed by atoms with Gasteiger partial charge in [-0.15, -0.1) is 0 Å². The largest absolute Gasteiger partial charge is 0.396 e. The lowest BCUT2D eigenvalue weighted by Crippen LogP contribution is -2.29. The van der Waals surface area contributed by atoms with Gasteiger partial charge in [-0.25, -0.2) is 0 Å². The first-order chi connectivity index (χ1) is 7.27. The quantitative estimate of drug-likeness (QED) is 0.731. The number of aromatic nitrogens is 1. The van der Waals surface area contributed by atoms with Crippen molar-refractivity contribution in [3.8, 4) is 0 Å². The number of rotatable bonds is 6. The maximum atomic E-state index is 11.4. The van der Waals surface area contributed by atoms with Gasteiger partial charge in [-0.05, 0) is 12.3 Å². The Bertz CT molecular complexity index is 285. The Kier molecular flexibility index (Phi) is 4.83. The summed E-state index contributed by atoms with van der Waals surface area (Å²) < 4.78 is 4.57. The minimum absolute atomic E-state index is 0.151. The van der Waals surface area contributed by atoms with Crippen LogP contribution in [0.15, 0.2) is 16.9 Å². The van der Waals surface area contributed by atoms with Crippen molar-refractivity contribution < 1.29 is 14.4 Å². The maximum Gasteiger partial charge on any atom is 0.273 e. The van der Waals surface area contributed by atoms with Crippen molar-refractivity contribution in [3.63, 3.8) is 0 Å². The van der Waals surface area contributed by atoms with Gasteiger partial charge in [-0.3, -0.25) is 4.79 Å². The van der Waals surface area contributed by atoms with E-state index in [4.69, 9.17) is 5.11 Å². The van der Waals surface area contributed by atoms with Crippen molar-refractivity contribution in [2.24, 2.45) is 5.92 Å². The first kappa shape index (κ1) is 11.7. The van der Waals surface area contributed by atoms with Gasteiger partial charge in [0.1, 0.15) is 6.26 Å². The van der Waals surface area contributed by atoms with E-state index in [0.29, 0.717) is 18.9 Å². The average Bonchev–Trinajstić information content (AvgIpc) is 2.77. The van der Waals surface area contributed by atoms with Gasteiger partial charge in [0.15, 0.2) is 5.69 Å². The molecule has 0 fully saturated rings. The zero-order valence-electron chi connectivity index (χ0n) is 8.77. The molecule has 15 heavy (non-hydrogen) atoms. The van der Waals surface area contributed by atoms with E-state index in [0.717, 1.165) is 6.42 Å². The molecule has 1 heterocycles. The first-order valence-electron chi connectivity index (χ1n) is 5.07. The molecule has 0 bridgehead atoms. The second kappa shape index (κ2) is 6.19. The van der Waals surface area contributed by atoms with E-state index in [1.165, 1.54) is 12.3 Å². The number of amides is 1. The fourth-order valence-corrected chi connectivity index (χ4v) is 1.29. The van der Waals surface area contributed by atoms with Crippen LogP contribution in [-0.2, 0) is 0 Å². The predicted octanol–water partition coefficient (Wildman–Crippen LogP) is 0.813. The third-order valence-electron chi connectivity index (χ3n) is 2.34. The smallest absolute Gasteiger partial charge is 0.273 e. The molecule has 0 radical (unpaired) electrons. The topological polar surface area (TPSA) is 75.4 Å². The van der Waals surface area contributed by atoms with Crippen LogP contribution in [0.3, 0.4) is 0 Å². The molecule has 0 aliphatic rings. The zero-order valence-corrected chi connectivity index (χ0v) is 8.77. The lowest BCUT2D eigenvalue weighted by atomic mass is 10.0. The van der Waals surface area contributed by atoms with E-state index in [2.05, 4.69) is 15.0 Å². The van der Waals surface area contributed by atoms with Crippen molar-refractivity contribution in [2.45, 2.75) is 19.8 Å². The standard InChI is InChI=1S/C10H16N2O3/c1-2-8(3-5-13)7-11-10(14)9-4-6-15-12-9/h4,6,8,13H,2-3,5,7H2,1H3,(H,11,14). The Morgan fingerprint density at radius 3 is 3.07 bits per heavy atom. The third-order valence-corrected chi connectivity index (χ3v) is 2.34. The summed E-state index contributed by atoms with van der Waals surface area (Å²) in [6.07, 6.45) is 3.00. The summed E-state index contributed by atoms with van der Waals surface area (Å²) in [5.41, 5.74) is 0.286. The van der Waals surface area contributed by atoms with Crippen LogP contribution in [0.1, 0.15) is 30.3 Å². The third kappa shape index (κ3) is 3.71. The molecule has 1 rings (SSSR count). The van der Waals surface area contributed by atoms with Crippen LogP contribution in [0.25, 0.3) is 0 Å². The summed E-state index contributed by atoms with van der Waals surface area (Å²) in [5.74, 6) is 0.0750. The lowest BCUT2D eigenvalue weighted by molar-refractivity contribution is 0.0934. The molecule has 1 aromatic rings. The Morgan fingerprint density at radius 1 is 1.73 bits per heavy atom. The number of aliphatic hydroxyl groups excluding tert-OH is 1. The Morgan fingerprint density at radius 2 is 2.53 bits per heavy atom. The van der Waals surface area contributed by atoms with E-state index < -0.39 is 0 Å². The first-order valence-corrected chi connectivity index (χ1v) is 5.07. The normalized spacial score (nSPS) is 12.4. The number of hydrogen-bond acceptors (Lipinski definition) is 4. The van der Waals surface area contributed by atoms with Crippen LogP contribution < -0.4 is 5.32 Å². The van der Waals surface area contributed by atoms with Gasteiger partial charge in [0.25, 0.3) is 5.91 Å². The van der Waals surface area contributed by atoms with Crippen LogP contribution >= 0.6 is 0 Å². The molecule has 5 nitrogen and oxygen atoms in total. The monoisotopic (exact) mass is 212 g/mol. The molecule has 0 spiro atoms. The number of hydrogen-bond donors (Lipinski definition) is 2. The Hall–Kier alpha value is -1.36. The Balaban J connectivity index is 2.33. The molecule has 2 N–H and O–H groups in total. The predicted molar refractivity (Wildman–Crippen MR) is 54.3 cm³/mol. The van der Waals surface area contributed by atoms with Gasteiger partial charge < -0.3 is 14.9 Å². The number of carbonyl (C=O) groups excluding carboxylic acids is 1. The van der Waals surface area contributed by atoms with Crippen LogP contribution in [0.4, 0.5) is 0 Å². The second-order valence-corrected chi connectivity index (χ2v) is 3.38. The molecule has 84 valence electrons. The summed E-state index contributed by atoms with van der Waals surface area (Å²) in [6, 6.07) is 1.52. The molecular weight excluding hydrogens is 196 g/mol. The van der Waals surface area contributed by atoms with Gasteiger partial charge >= 0.3 is 0 Å². The van der Waals surface area contributed by atoms with Crippen LogP contribution in [-0.4, -0.2) is 29.3 Å². The van der Waals surface area contributed by atoms with E-state index in [1.54, 1.807) is 0 Å². The lowest BCUT2D eigenvalue weighted by Gasteiger charge is -2.13. The van der Waals surface area contributed by atoms with Crippen LogP contribution in [0.2, 0.25) is 0 Å². The molecule has 0 aliphatic heterocycles. The highest BCUT2D eigenvalue weighted by atomic mass is 16.5. The summed E-state index contributed by atoms with van der Waals surface area (Å²) in [7, 11) is 0. The molecule has 1 atom stereocenters. The molecular formula is C10H16N2O3. The van der Waals surface area contributed by atoms with Gasteiger partial charge in [0, 0.05) is 19.2 Å². The average molecular weight is 212 g/mol. The number of nitrogens with zero attached hydrogens (tertiary/aromatic N) is 1. The second-order valence-electron chi connectivity index (χ2n) is 3.38. The molecule has 0 aromatic carbocycles. The van der Waals surface area contributed by atoms with Gasteiger partial charge in [0.2, 0.25) is 0 Å². The van der Waals surface area contributed by atoms with Crippen LogP contribution in [0.5, 0.6) is 0 Å². The summed E-state index contributed by atoms with van der Waals surface area (Å²) in [6.45, 7) is 2.74. The number of carbonyl (C=O) groups is 1. The summed E-state index contributed by atoms with van der Waals surface area (Å²) in [4.78, 5) is 11.4. The van der Waals surface area contributed by atoms with Gasteiger partial charge in [-0.1, -0.05) is 18.5 Å². The number of aliphatic hydroxyl groups is 1. The van der Waals surface area contributed by atoms with E-state index in [-0.39, 0.29) is 18.2 Å². The highest BCUT2D eigenvalue weighted by molar-refractivity contribution is 5.91. The molecule has 1 amide bonds. The highest BCUT2D eigenvalue weighted by Crippen LogP contribution is 2.06. The summed E-state index contributed by atoms with van der Waals surface area (Å²) >= 11 is 0. The van der Waals surface area contributed by atoms with Crippen LogP contribution in [0, 0.1) is 5.92 Å². The SMILES string of the molecule is CCC(CCO)CNC(=O)c1ccon1. The highest BCUT2D eigenvalue weighted by Gasteiger charge is 2.11. The van der Waals surface area contributed by atoms with E-state index in [9.17, 15) is 4.79 Å². The van der Waals surface area contributed by atoms with Crippen molar-refractivity contribution in [1.29, 1.82) is 0 Å². The van der Waals surface area contributed by atoms with Gasteiger partial charge in [0.05, 0.1) is 0 Å². The van der Waals surface area contributed by atoms with Crippen molar-refractivity contribution in [3.05, 3.63) is 18.0 Å². The Labute approximate surface area is 88.5 Å². The molecule has 5 heteroatoms. The van der Waals surface area contributed by atoms with Crippen molar-refractivity contribution >= 4 is 5.91 Å². The van der Waals surface area contributed by atoms with Crippen molar-refractivity contribution in [1.82, 2.24) is 10.5 Å². The molecule has 1 unspecified atom stereocenters. The van der Waals surface area contributed by atoms with E-state index >= 15 is 0 Å². The summed E-state index contributed by atoms with van der Waals surface area (Å²) in [5, 5.41) is 15.1. The molecule has 0 saturated heterocycles.